The number of hydrogen-bond acceptors (Lipinski definition) is 1. The predicted octanol–water partition coefficient (Wildman–Crippen LogP) is 5.02. The molecule has 3 rings (SSSR count). The summed E-state index contributed by atoms with van der Waals surface area (Å²) in [6, 6.07) is 18.8. The third-order valence-corrected chi connectivity index (χ3v) is 4.20. The Morgan fingerprint density at radius 2 is 1.62 bits per heavy atom. The van der Waals surface area contributed by atoms with E-state index in [9.17, 15) is 0 Å². The van der Waals surface area contributed by atoms with E-state index in [0.29, 0.717) is 0 Å². The summed E-state index contributed by atoms with van der Waals surface area (Å²) in [5.74, 6) is 0. The Kier molecular flexibility index (Phi) is 4.62. The molecule has 0 spiro atoms. The van der Waals surface area contributed by atoms with Crippen LogP contribution in [-0.4, -0.2) is 18.0 Å². The Labute approximate surface area is 131 Å². The Balaban J connectivity index is 1.86. The number of halogens is 1. The van der Waals surface area contributed by atoms with Crippen molar-refractivity contribution in [3.8, 4) is 0 Å². The van der Waals surface area contributed by atoms with Crippen molar-refractivity contribution in [1.29, 1.82) is 0 Å². The van der Waals surface area contributed by atoms with Crippen LogP contribution in [0.3, 0.4) is 0 Å². The minimum atomic E-state index is 0.790. The molecular formula is C19H20ClN. The molecular weight excluding hydrogens is 278 g/mol. The van der Waals surface area contributed by atoms with Crippen LogP contribution < -0.4 is 0 Å². The summed E-state index contributed by atoms with van der Waals surface area (Å²) in [7, 11) is 0. The first-order chi connectivity index (χ1) is 10.3. The third-order valence-electron chi connectivity index (χ3n) is 3.94. The maximum Gasteiger partial charge on any atom is 0.0406 e. The minimum Gasteiger partial charge on any atom is -0.375 e. The largest absolute Gasteiger partial charge is 0.375 e. The molecule has 1 aliphatic heterocycles. The molecule has 2 heteroatoms. The summed E-state index contributed by atoms with van der Waals surface area (Å²) >= 11 is 5.97. The van der Waals surface area contributed by atoms with E-state index < -0.39 is 0 Å². The van der Waals surface area contributed by atoms with Gasteiger partial charge in [0.25, 0.3) is 0 Å². The highest BCUT2D eigenvalue weighted by Crippen LogP contribution is 2.22. The van der Waals surface area contributed by atoms with E-state index in [4.69, 9.17) is 11.6 Å². The minimum absolute atomic E-state index is 0.790. The summed E-state index contributed by atoms with van der Waals surface area (Å²) in [6.45, 7) is 2.35. The zero-order valence-corrected chi connectivity index (χ0v) is 12.9. The average Bonchev–Trinajstić information content (AvgIpc) is 3.04. The topological polar surface area (TPSA) is 3.24 Å². The highest BCUT2D eigenvalue weighted by atomic mass is 35.5. The third kappa shape index (κ3) is 3.89. The molecule has 0 bridgehead atoms. The second-order valence-electron chi connectivity index (χ2n) is 5.54. The highest BCUT2D eigenvalue weighted by Gasteiger charge is 2.15. The van der Waals surface area contributed by atoms with Crippen molar-refractivity contribution in [2.24, 2.45) is 0 Å². The van der Waals surface area contributed by atoms with Crippen molar-refractivity contribution in [2.75, 3.05) is 13.1 Å². The fourth-order valence-corrected chi connectivity index (χ4v) is 2.94. The highest BCUT2D eigenvalue weighted by molar-refractivity contribution is 6.30. The lowest BCUT2D eigenvalue weighted by Crippen LogP contribution is -2.20. The van der Waals surface area contributed by atoms with Crippen LogP contribution in [0.15, 0.2) is 60.3 Å². The van der Waals surface area contributed by atoms with Crippen LogP contribution in [0.2, 0.25) is 5.02 Å². The van der Waals surface area contributed by atoms with Gasteiger partial charge < -0.3 is 4.90 Å². The van der Waals surface area contributed by atoms with Gasteiger partial charge in [-0.1, -0.05) is 54.1 Å². The van der Waals surface area contributed by atoms with E-state index in [-0.39, 0.29) is 0 Å². The number of rotatable bonds is 4. The molecule has 0 N–H and O–H groups in total. The molecule has 21 heavy (non-hydrogen) atoms. The molecule has 1 nitrogen and oxygen atoms in total. The number of likely N-dealkylation sites (tertiary alicyclic amines) is 1. The predicted molar refractivity (Wildman–Crippen MR) is 90.4 cm³/mol. The molecule has 0 unspecified atom stereocenters. The summed E-state index contributed by atoms with van der Waals surface area (Å²) in [6.07, 6.45) is 5.89. The molecule has 0 aromatic heterocycles. The molecule has 0 radical (unpaired) electrons. The van der Waals surface area contributed by atoms with Gasteiger partial charge in [-0.3, -0.25) is 0 Å². The van der Waals surface area contributed by atoms with Crippen LogP contribution in [0.5, 0.6) is 0 Å². The SMILES string of the molecule is Clc1ccc(/C=C(/Cc2ccccc2)N2CCCC2)cc1. The van der Waals surface area contributed by atoms with E-state index in [2.05, 4.69) is 53.4 Å². The summed E-state index contributed by atoms with van der Waals surface area (Å²) in [5.41, 5.74) is 3.99. The van der Waals surface area contributed by atoms with Crippen LogP contribution >= 0.6 is 11.6 Å². The van der Waals surface area contributed by atoms with E-state index in [1.807, 2.05) is 12.1 Å². The molecule has 2 aromatic carbocycles. The maximum atomic E-state index is 5.97. The van der Waals surface area contributed by atoms with Crippen molar-refractivity contribution in [1.82, 2.24) is 4.90 Å². The quantitative estimate of drug-likeness (QED) is 0.766. The lowest BCUT2D eigenvalue weighted by atomic mass is 10.1. The zero-order chi connectivity index (χ0) is 14.5. The molecule has 0 saturated carbocycles. The number of allylic oxidation sites excluding steroid dienone is 1. The van der Waals surface area contributed by atoms with Crippen molar-refractivity contribution >= 4 is 17.7 Å². The lowest BCUT2D eigenvalue weighted by molar-refractivity contribution is 0.420. The van der Waals surface area contributed by atoms with Gasteiger partial charge in [0.2, 0.25) is 0 Å². The van der Waals surface area contributed by atoms with Gasteiger partial charge in [0.15, 0.2) is 0 Å². The first-order valence-corrected chi connectivity index (χ1v) is 7.94. The Morgan fingerprint density at radius 3 is 2.29 bits per heavy atom. The molecule has 1 heterocycles. The van der Waals surface area contributed by atoms with Crippen molar-refractivity contribution in [3.05, 3.63) is 76.4 Å². The summed E-state index contributed by atoms with van der Waals surface area (Å²) in [5, 5.41) is 0.790. The van der Waals surface area contributed by atoms with Gasteiger partial charge in [0, 0.05) is 30.2 Å². The van der Waals surface area contributed by atoms with Gasteiger partial charge in [-0.15, -0.1) is 0 Å². The molecule has 0 amide bonds. The molecule has 2 aromatic rings. The normalized spacial score (nSPS) is 15.5. The fourth-order valence-electron chi connectivity index (χ4n) is 2.81. The van der Waals surface area contributed by atoms with Crippen LogP contribution in [0, 0.1) is 0 Å². The second-order valence-corrected chi connectivity index (χ2v) is 5.98. The van der Waals surface area contributed by atoms with Gasteiger partial charge in [-0.2, -0.15) is 0 Å². The van der Waals surface area contributed by atoms with E-state index in [1.54, 1.807) is 0 Å². The van der Waals surface area contributed by atoms with Crippen LogP contribution in [-0.2, 0) is 6.42 Å². The Bertz CT molecular complexity index is 595. The standard InChI is InChI=1S/C19H20ClN/c20-18-10-8-17(9-11-18)15-19(21-12-4-5-13-21)14-16-6-2-1-3-7-16/h1-3,6-11,15H,4-5,12-14H2/b19-15-. The molecule has 1 saturated heterocycles. The monoisotopic (exact) mass is 297 g/mol. The van der Waals surface area contributed by atoms with Crippen LogP contribution in [0.4, 0.5) is 0 Å². The van der Waals surface area contributed by atoms with Gasteiger partial charge in [0.1, 0.15) is 0 Å². The van der Waals surface area contributed by atoms with Crippen LogP contribution in [0.25, 0.3) is 6.08 Å². The van der Waals surface area contributed by atoms with E-state index in [1.165, 1.54) is 42.8 Å². The van der Waals surface area contributed by atoms with E-state index in [0.717, 1.165) is 11.4 Å². The molecule has 0 atom stereocenters. The molecule has 1 aliphatic rings. The van der Waals surface area contributed by atoms with Gasteiger partial charge in [-0.25, -0.2) is 0 Å². The average molecular weight is 298 g/mol. The van der Waals surface area contributed by atoms with E-state index >= 15 is 0 Å². The molecule has 1 fully saturated rings. The smallest absolute Gasteiger partial charge is 0.0406 e. The number of nitrogens with zero attached hydrogens (tertiary/aromatic N) is 1. The van der Waals surface area contributed by atoms with Crippen molar-refractivity contribution < 1.29 is 0 Å². The second kappa shape index (κ2) is 6.82. The van der Waals surface area contributed by atoms with Gasteiger partial charge >= 0.3 is 0 Å². The van der Waals surface area contributed by atoms with Crippen LogP contribution in [0.1, 0.15) is 24.0 Å². The number of hydrogen-bond donors (Lipinski definition) is 0. The maximum absolute atomic E-state index is 5.97. The van der Waals surface area contributed by atoms with Gasteiger partial charge in [-0.05, 0) is 42.2 Å². The van der Waals surface area contributed by atoms with Crippen molar-refractivity contribution in [3.63, 3.8) is 0 Å². The molecule has 0 aliphatic carbocycles. The fraction of sp³-hybridized carbons (Fsp3) is 0.263. The Morgan fingerprint density at radius 1 is 0.952 bits per heavy atom. The summed E-state index contributed by atoms with van der Waals surface area (Å²) in [4.78, 5) is 2.52. The summed E-state index contributed by atoms with van der Waals surface area (Å²) < 4.78 is 0. The van der Waals surface area contributed by atoms with Gasteiger partial charge in [0.05, 0.1) is 0 Å². The molecule has 108 valence electrons. The Hall–Kier alpha value is -1.73. The first-order valence-electron chi connectivity index (χ1n) is 7.56. The zero-order valence-electron chi connectivity index (χ0n) is 12.1. The first kappa shape index (κ1) is 14.2. The van der Waals surface area contributed by atoms with Crippen molar-refractivity contribution in [2.45, 2.75) is 19.3 Å². The lowest BCUT2D eigenvalue weighted by Gasteiger charge is -2.22. The number of benzene rings is 2.